The Bertz CT molecular complexity index is 380. The molecule has 4 heteroatoms. The molecular weight excluding hydrogens is 296 g/mol. The fourth-order valence-corrected chi connectivity index (χ4v) is 2.13. The molecule has 14 heavy (non-hydrogen) atoms. The molecule has 1 fully saturated rings. The van der Waals surface area contributed by atoms with Crippen LogP contribution in [-0.4, -0.2) is 5.91 Å². The number of halogens is 2. The summed E-state index contributed by atoms with van der Waals surface area (Å²) in [6, 6.07) is 5.03. The van der Waals surface area contributed by atoms with Gasteiger partial charge in [-0.05, 0) is 46.7 Å². The van der Waals surface area contributed by atoms with E-state index in [1.54, 1.807) is 12.1 Å². The molecule has 1 aliphatic heterocycles. The number of hydrogen-bond acceptors (Lipinski definition) is 1. The van der Waals surface area contributed by atoms with Crippen LogP contribution in [0.2, 0.25) is 0 Å². The molecule has 1 amide bonds. The Morgan fingerprint density at radius 3 is 2.86 bits per heavy atom. The quantitative estimate of drug-likeness (QED) is 0.793. The average molecular weight is 305 g/mol. The second-order valence-corrected chi connectivity index (χ2v) is 4.49. The molecule has 0 bridgehead atoms. The Hall–Kier alpha value is -0.650. The molecular formula is C10H9FINO. The maximum Gasteiger partial charge on any atom is 0.220 e. The molecule has 0 saturated carbocycles. The maximum atomic E-state index is 13.0. The van der Waals surface area contributed by atoms with E-state index < -0.39 is 0 Å². The van der Waals surface area contributed by atoms with Gasteiger partial charge in [0.25, 0.3) is 0 Å². The lowest BCUT2D eigenvalue weighted by Gasteiger charge is -2.10. The molecule has 2 nitrogen and oxygen atoms in total. The van der Waals surface area contributed by atoms with E-state index in [1.807, 2.05) is 22.6 Å². The van der Waals surface area contributed by atoms with E-state index in [-0.39, 0.29) is 17.8 Å². The van der Waals surface area contributed by atoms with Gasteiger partial charge in [-0.25, -0.2) is 4.39 Å². The zero-order chi connectivity index (χ0) is 10.1. The molecule has 1 aromatic rings. The van der Waals surface area contributed by atoms with Gasteiger partial charge in [-0.1, -0.05) is 6.07 Å². The fourth-order valence-electron chi connectivity index (χ4n) is 1.59. The third-order valence-corrected chi connectivity index (χ3v) is 3.17. The van der Waals surface area contributed by atoms with Crippen molar-refractivity contribution in [1.29, 1.82) is 0 Å². The van der Waals surface area contributed by atoms with Gasteiger partial charge in [-0.2, -0.15) is 0 Å². The van der Waals surface area contributed by atoms with Gasteiger partial charge in [-0.3, -0.25) is 4.79 Å². The van der Waals surface area contributed by atoms with Crippen LogP contribution in [0.3, 0.4) is 0 Å². The first-order valence-electron chi connectivity index (χ1n) is 4.41. The Balaban J connectivity index is 2.24. The van der Waals surface area contributed by atoms with E-state index in [2.05, 4.69) is 5.32 Å². The van der Waals surface area contributed by atoms with Crippen LogP contribution in [0.1, 0.15) is 24.4 Å². The molecule has 1 aromatic carbocycles. The average Bonchev–Trinajstić information content (AvgIpc) is 2.57. The van der Waals surface area contributed by atoms with Gasteiger partial charge >= 0.3 is 0 Å². The minimum atomic E-state index is -0.210. The van der Waals surface area contributed by atoms with Crippen LogP contribution in [0, 0.1) is 9.39 Å². The van der Waals surface area contributed by atoms with Crippen LogP contribution in [0.4, 0.5) is 4.39 Å². The number of carbonyl (C=O) groups excluding carboxylic acids is 1. The fraction of sp³-hybridized carbons (Fsp3) is 0.300. The highest BCUT2D eigenvalue weighted by Crippen LogP contribution is 2.25. The summed E-state index contributed by atoms with van der Waals surface area (Å²) in [5.74, 6) is -0.131. The standard InChI is InChI=1S/C10H9FINO/c11-7-2-1-6(5-8(7)12)9-3-4-10(14)13-9/h1-2,5,9H,3-4H2,(H,13,14)/t9-/m0/s1. The van der Waals surface area contributed by atoms with Crippen LogP contribution in [0.15, 0.2) is 18.2 Å². The third-order valence-electron chi connectivity index (χ3n) is 2.34. The zero-order valence-electron chi connectivity index (χ0n) is 7.39. The Kier molecular flexibility index (Phi) is 2.71. The van der Waals surface area contributed by atoms with Gasteiger partial charge in [-0.15, -0.1) is 0 Å². The topological polar surface area (TPSA) is 29.1 Å². The van der Waals surface area contributed by atoms with Crippen molar-refractivity contribution < 1.29 is 9.18 Å². The van der Waals surface area contributed by atoms with Gasteiger partial charge in [0.15, 0.2) is 0 Å². The number of rotatable bonds is 1. The highest BCUT2D eigenvalue weighted by Gasteiger charge is 2.22. The summed E-state index contributed by atoms with van der Waals surface area (Å²) in [6.45, 7) is 0. The predicted octanol–water partition coefficient (Wildman–Crippen LogP) is 2.38. The van der Waals surface area contributed by atoms with Crippen LogP contribution >= 0.6 is 22.6 Å². The number of hydrogen-bond donors (Lipinski definition) is 1. The molecule has 0 aliphatic carbocycles. The van der Waals surface area contributed by atoms with E-state index in [0.717, 1.165) is 12.0 Å². The van der Waals surface area contributed by atoms with Crippen molar-refractivity contribution >= 4 is 28.5 Å². The molecule has 1 aliphatic rings. The lowest BCUT2D eigenvalue weighted by Crippen LogP contribution is -2.18. The Labute approximate surface area is 95.0 Å². The highest BCUT2D eigenvalue weighted by molar-refractivity contribution is 14.1. The van der Waals surface area contributed by atoms with Gasteiger partial charge < -0.3 is 5.32 Å². The zero-order valence-corrected chi connectivity index (χ0v) is 9.55. The molecule has 1 heterocycles. The molecule has 0 radical (unpaired) electrons. The van der Waals surface area contributed by atoms with Crippen molar-refractivity contribution in [3.8, 4) is 0 Å². The first-order chi connectivity index (χ1) is 6.66. The van der Waals surface area contributed by atoms with E-state index in [4.69, 9.17) is 0 Å². The number of carbonyl (C=O) groups is 1. The van der Waals surface area contributed by atoms with Gasteiger partial charge in [0.05, 0.1) is 6.04 Å². The largest absolute Gasteiger partial charge is 0.349 e. The number of amides is 1. The van der Waals surface area contributed by atoms with Gasteiger partial charge in [0.2, 0.25) is 5.91 Å². The first kappa shape index (κ1) is 9.89. The minimum absolute atomic E-state index is 0.0663. The van der Waals surface area contributed by atoms with Gasteiger partial charge in [0.1, 0.15) is 5.82 Å². The summed E-state index contributed by atoms with van der Waals surface area (Å²) in [7, 11) is 0. The van der Waals surface area contributed by atoms with Crippen LogP contribution in [0.5, 0.6) is 0 Å². The summed E-state index contributed by atoms with van der Waals surface area (Å²) < 4.78 is 13.6. The summed E-state index contributed by atoms with van der Waals surface area (Å²) in [4.78, 5) is 11.0. The summed E-state index contributed by atoms with van der Waals surface area (Å²) in [5.41, 5.74) is 0.988. The van der Waals surface area contributed by atoms with Crippen molar-refractivity contribution in [1.82, 2.24) is 5.32 Å². The van der Waals surface area contributed by atoms with Crippen molar-refractivity contribution in [2.24, 2.45) is 0 Å². The maximum absolute atomic E-state index is 13.0. The van der Waals surface area contributed by atoms with E-state index >= 15 is 0 Å². The molecule has 0 unspecified atom stereocenters. The summed E-state index contributed by atoms with van der Waals surface area (Å²) >= 11 is 1.95. The molecule has 74 valence electrons. The Morgan fingerprint density at radius 1 is 1.50 bits per heavy atom. The minimum Gasteiger partial charge on any atom is -0.349 e. The van der Waals surface area contributed by atoms with Crippen LogP contribution < -0.4 is 5.32 Å². The second kappa shape index (κ2) is 3.84. The summed E-state index contributed by atoms with van der Waals surface area (Å²) in [6.07, 6.45) is 1.37. The van der Waals surface area contributed by atoms with Gasteiger partial charge in [0, 0.05) is 9.99 Å². The van der Waals surface area contributed by atoms with Crippen molar-refractivity contribution in [3.63, 3.8) is 0 Å². The molecule has 1 saturated heterocycles. The molecule has 1 N–H and O–H groups in total. The lowest BCUT2D eigenvalue weighted by atomic mass is 10.1. The second-order valence-electron chi connectivity index (χ2n) is 3.33. The SMILES string of the molecule is O=C1CC[C@@H](c2ccc(F)c(I)c2)N1. The smallest absolute Gasteiger partial charge is 0.220 e. The Morgan fingerprint density at radius 2 is 2.29 bits per heavy atom. The van der Waals surface area contributed by atoms with Crippen molar-refractivity contribution in [2.45, 2.75) is 18.9 Å². The lowest BCUT2D eigenvalue weighted by molar-refractivity contribution is -0.119. The predicted molar refractivity (Wildman–Crippen MR) is 59.2 cm³/mol. The van der Waals surface area contributed by atoms with E-state index in [9.17, 15) is 9.18 Å². The number of benzene rings is 1. The monoisotopic (exact) mass is 305 g/mol. The van der Waals surface area contributed by atoms with Crippen LogP contribution in [0.25, 0.3) is 0 Å². The van der Waals surface area contributed by atoms with Crippen molar-refractivity contribution in [3.05, 3.63) is 33.1 Å². The molecule has 0 spiro atoms. The van der Waals surface area contributed by atoms with Crippen LogP contribution in [-0.2, 0) is 4.79 Å². The van der Waals surface area contributed by atoms with E-state index in [0.29, 0.717) is 9.99 Å². The third kappa shape index (κ3) is 1.89. The first-order valence-corrected chi connectivity index (χ1v) is 5.49. The number of nitrogens with one attached hydrogen (secondary N) is 1. The normalized spacial score (nSPS) is 21.0. The summed E-state index contributed by atoms with van der Waals surface area (Å²) in [5, 5.41) is 2.85. The molecule has 1 atom stereocenters. The molecule has 0 aromatic heterocycles. The van der Waals surface area contributed by atoms with E-state index in [1.165, 1.54) is 6.07 Å². The highest BCUT2D eigenvalue weighted by atomic mass is 127. The van der Waals surface area contributed by atoms with Crippen molar-refractivity contribution in [2.75, 3.05) is 0 Å². The molecule has 2 rings (SSSR count).